The largest absolute Gasteiger partial charge is 0.394 e. The Hall–Kier alpha value is -1.76. The van der Waals surface area contributed by atoms with Gasteiger partial charge in [0.25, 0.3) is 0 Å². The summed E-state index contributed by atoms with van der Waals surface area (Å²) in [5, 5.41) is 17.8. The first-order valence-corrected chi connectivity index (χ1v) is 8.88. The molecule has 1 unspecified atom stereocenters. The van der Waals surface area contributed by atoms with Crippen molar-refractivity contribution in [3.05, 3.63) is 39.5 Å². The van der Waals surface area contributed by atoms with Gasteiger partial charge in [-0.15, -0.1) is 0 Å². The highest BCUT2D eigenvalue weighted by Crippen LogP contribution is 2.29. The van der Waals surface area contributed by atoms with E-state index in [1.807, 2.05) is 13.8 Å². The average Bonchev–Trinajstić information content (AvgIpc) is 3.17. The third kappa shape index (κ3) is 3.47. The molecule has 1 aliphatic heterocycles. The highest BCUT2D eigenvalue weighted by molar-refractivity contribution is 6.42. The Morgan fingerprint density at radius 2 is 2.12 bits per heavy atom. The van der Waals surface area contributed by atoms with Gasteiger partial charge >= 0.3 is 6.03 Å². The summed E-state index contributed by atoms with van der Waals surface area (Å²) < 4.78 is 1.65. The van der Waals surface area contributed by atoms with Crippen LogP contribution in [0.15, 0.2) is 18.2 Å². The van der Waals surface area contributed by atoms with Crippen LogP contribution >= 0.6 is 23.2 Å². The van der Waals surface area contributed by atoms with Crippen molar-refractivity contribution in [3.8, 4) is 5.69 Å². The molecule has 0 spiro atoms. The first kappa shape index (κ1) is 18.0. The molecular formula is C17H20Cl2N4O2. The molecule has 1 fully saturated rings. The molecule has 2 heterocycles. The maximum atomic E-state index is 12.7. The number of rotatable bonds is 3. The van der Waals surface area contributed by atoms with Crippen molar-refractivity contribution >= 4 is 35.1 Å². The first-order valence-electron chi connectivity index (χ1n) is 8.12. The van der Waals surface area contributed by atoms with Crippen molar-refractivity contribution in [2.75, 3.05) is 18.5 Å². The number of urea groups is 1. The number of nitrogens with zero attached hydrogens (tertiary/aromatic N) is 3. The summed E-state index contributed by atoms with van der Waals surface area (Å²) >= 11 is 12.1. The number of hydrogen-bond acceptors (Lipinski definition) is 3. The number of likely N-dealkylation sites (tertiary alicyclic amines) is 1. The Kier molecular flexibility index (Phi) is 5.22. The summed E-state index contributed by atoms with van der Waals surface area (Å²) in [6, 6.07) is 4.82. The second-order valence-electron chi connectivity index (χ2n) is 6.17. The number of aliphatic hydroxyl groups is 1. The van der Waals surface area contributed by atoms with Gasteiger partial charge in [0.15, 0.2) is 0 Å². The number of carbonyl (C=O) groups excluding carboxylic acids is 1. The van der Waals surface area contributed by atoms with Crippen LogP contribution < -0.4 is 5.32 Å². The zero-order chi connectivity index (χ0) is 18.1. The van der Waals surface area contributed by atoms with Gasteiger partial charge in [-0.2, -0.15) is 5.10 Å². The van der Waals surface area contributed by atoms with Gasteiger partial charge in [0.05, 0.1) is 34.1 Å². The van der Waals surface area contributed by atoms with Crippen molar-refractivity contribution in [3.63, 3.8) is 0 Å². The second kappa shape index (κ2) is 7.23. The molecule has 0 aliphatic carbocycles. The average molecular weight is 383 g/mol. The monoisotopic (exact) mass is 382 g/mol. The lowest BCUT2D eigenvalue weighted by Gasteiger charge is -2.23. The number of halogens is 2. The molecule has 134 valence electrons. The molecule has 6 nitrogen and oxygen atoms in total. The van der Waals surface area contributed by atoms with Crippen LogP contribution in [-0.2, 0) is 0 Å². The van der Waals surface area contributed by atoms with E-state index in [4.69, 9.17) is 23.2 Å². The van der Waals surface area contributed by atoms with Crippen LogP contribution in [-0.4, -0.2) is 45.0 Å². The molecular weight excluding hydrogens is 363 g/mol. The smallest absolute Gasteiger partial charge is 0.323 e. The maximum absolute atomic E-state index is 12.7. The van der Waals surface area contributed by atoms with Crippen LogP contribution in [0.1, 0.15) is 24.1 Å². The molecule has 1 aromatic heterocycles. The maximum Gasteiger partial charge on any atom is 0.323 e. The molecule has 8 heteroatoms. The van der Waals surface area contributed by atoms with E-state index in [2.05, 4.69) is 10.4 Å². The fourth-order valence-corrected chi connectivity index (χ4v) is 3.31. The number of benzene rings is 1. The Bertz CT molecular complexity index is 806. The standard InChI is InChI=1S/C17H20Cl2N4O2/c1-10-11(2)21-23(12-5-6-14(18)15(19)8-12)16(10)20-17(25)22-7-3-4-13(22)9-24/h5-6,8,13,24H,3-4,7,9H2,1-2H3,(H,20,25). The van der Waals surface area contributed by atoms with E-state index in [9.17, 15) is 9.90 Å². The van der Waals surface area contributed by atoms with E-state index < -0.39 is 0 Å². The molecule has 0 saturated carbocycles. The Balaban J connectivity index is 1.93. The second-order valence-corrected chi connectivity index (χ2v) is 6.99. The lowest BCUT2D eigenvalue weighted by atomic mass is 10.2. The summed E-state index contributed by atoms with van der Waals surface area (Å²) in [5.74, 6) is 0.587. The van der Waals surface area contributed by atoms with Crippen LogP contribution in [0.5, 0.6) is 0 Å². The molecule has 0 bridgehead atoms. The number of amides is 2. The van der Waals surface area contributed by atoms with E-state index in [-0.39, 0.29) is 18.7 Å². The summed E-state index contributed by atoms with van der Waals surface area (Å²) in [5.41, 5.74) is 2.39. The molecule has 3 rings (SSSR count). The minimum Gasteiger partial charge on any atom is -0.394 e. The van der Waals surface area contributed by atoms with Gasteiger partial charge in [-0.1, -0.05) is 23.2 Å². The van der Waals surface area contributed by atoms with Crippen molar-refractivity contribution in [1.82, 2.24) is 14.7 Å². The van der Waals surface area contributed by atoms with Gasteiger partial charge in [0.1, 0.15) is 5.82 Å². The summed E-state index contributed by atoms with van der Waals surface area (Å²) in [7, 11) is 0. The highest BCUT2D eigenvalue weighted by atomic mass is 35.5. The number of aliphatic hydroxyl groups excluding tert-OH is 1. The van der Waals surface area contributed by atoms with E-state index in [0.29, 0.717) is 28.1 Å². The fraction of sp³-hybridized carbons (Fsp3) is 0.412. The molecule has 2 N–H and O–H groups in total. The van der Waals surface area contributed by atoms with E-state index in [1.165, 1.54) is 0 Å². The van der Waals surface area contributed by atoms with Gasteiger partial charge in [-0.3, -0.25) is 5.32 Å². The van der Waals surface area contributed by atoms with Crippen LogP contribution in [0, 0.1) is 13.8 Å². The molecule has 2 aromatic rings. The fourth-order valence-electron chi connectivity index (χ4n) is 3.02. The van der Waals surface area contributed by atoms with Crippen LogP contribution in [0.2, 0.25) is 10.0 Å². The normalized spacial score (nSPS) is 17.2. The van der Waals surface area contributed by atoms with Crippen molar-refractivity contribution in [2.45, 2.75) is 32.7 Å². The molecule has 1 atom stereocenters. The Labute approximate surface area is 156 Å². The lowest BCUT2D eigenvalue weighted by molar-refractivity contribution is 0.166. The summed E-state index contributed by atoms with van der Waals surface area (Å²) in [4.78, 5) is 14.3. The van der Waals surface area contributed by atoms with E-state index in [0.717, 1.165) is 24.1 Å². The van der Waals surface area contributed by atoms with Crippen molar-refractivity contribution in [1.29, 1.82) is 0 Å². The molecule has 1 aliphatic rings. The predicted octanol–water partition coefficient (Wildman–Crippen LogP) is 3.78. The number of carbonyl (C=O) groups is 1. The number of nitrogens with one attached hydrogen (secondary N) is 1. The number of anilines is 1. The highest BCUT2D eigenvalue weighted by Gasteiger charge is 2.29. The minimum atomic E-state index is -0.235. The van der Waals surface area contributed by atoms with Gasteiger partial charge in [0, 0.05) is 12.1 Å². The lowest BCUT2D eigenvalue weighted by Crippen LogP contribution is -2.40. The molecule has 0 radical (unpaired) electrons. The first-order chi connectivity index (χ1) is 11.9. The molecule has 1 saturated heterocycles. The van der Waals surface area contributed by atoms with Crippen LogP contribution in [0.3, 0.4) is 0 Å². The van der Waals surface area contributed by atoms with Crippen LogP contribution in [0.4, 0.5) is 10.6 Å². The van der Waals surface area contributed by atoms with Gasteiger partial charge in [0.2, 0.25) is 0 Å². The number of hydrogen-bond donors (Lipinski definition) is 2. The topological polar surface area (TPSA) is 70.4 Å². The molecule has 1 aromatic carbocycles. The molecule has 25 heavy (non-hydrogen) atoms. The Morgan fingerprint density at radius 1 is 1.36 bits per heavy atom. The number of aryl methyl sites for hydroxylation is 1. The van der Waals surface area contributed by atoms with Crippen molar-refractivity contribution in [2.24, 2.45) is 0 Å². The summed E-state index contributed by atoms with van der Waals surface area (Å²) in [6.07, 6.45) is 1.71. The molecule has 2 amide bonds. The predicted molar refractivity (Wildman–Crippen MR) is 98.9 cm³/mol. The van der Waals surface area contributed by atoms with Gasteiger partial charge in [-0.05, 0) is 44.9 Å². The quantitative estimate of drug-likeness (QED) is 0.848. The van der Waals surface area contributed by atoms with E-state index >= 15 is 0 Å². The zero-order valence-electron chi connectivity index (χ0n) is 14.1. The Morgan fingerprint density at radius 3 is 2.80 bits per heavy atom. The van der Waals surface area contributed by atoms with Gasteiger partial charge < -0.3 is 10.0 Å². The SMILES string of the molecule is Cc1nn(-c2ccc(Cl)c(Cl)c2)c(NC(=O)N2CCCC2CO)c1C. The van der Waals surface area contributed by atoms with Crippen LogP contribution in [0.25, 0.3) is 5.69 Å². The van der Waals surface area contributed by atoms with Crippen molar-refractivity contribution < 1.29 is 9.90 Å². The number of aromatic nitrogens is 2. The minimum absolute atomic E-state index is 0.0303. The zero-order valence-corrected chi connectivity index (χ0v) is 15.6. The third-order valence-electron chi connectivity index (χ3n) is 4.58. The third-order valence-corrected chi connectivity index (χ3v) is 5.32. The van der Waals surface area contributed by atoms with E-state index in [1.54, 1.807) is 27.8 Å². The van der Waals surface area contributed by atoms with Gasteiger partial charge in [-0.25, -0.2) is 9.48 Å². The summed E-state index contributed by atoms with van der Waals surface area (Å²) in [6.45, 7) is 4.39.